The number of carbonyl (C=O) groups excluding carboxylic acids is 1. The Bertz CT molecular complexity index is 1290. The van der Waals surface area contributed by atoms with Crippen molar-refractivity contribution in [3.63, 3.8) is 0 Å². The van der Waals surface area contributed by atoms with Gasteiger partial charge in [-0.25, -0.2) is 4.99 Å². The minimum atomic E-state index is -0.0504. The van der Waals surface area contributed by atoms with Gasteiger partial charge in [0.25, 0.3) is 5.91 Å². The Kier molecular flexibility index (Phi) is 6.80. The largest absolute Gasteiger partial charge is 0.467 e. The summed E-state index contributed by atoms with van der Waals surface area (Å²) in [6.07, 6.45) is 5.86. The summed E-state index contributed by atoms with van der Waals surface area (Å²) in [7, 11) is 0. The number of benzene rings is 2. The Morgan fingerprint density at radius 3 is 2.67 bits per heavy atom. The van der Waals surface area contributed by atoms with Crippen molar-refractivity contribution in [3.8, 4) is 0 Å². The molecule has 5 rings (SSSR count). The number of fused-ring (bicyclic) bond motifs is 1. The third-order valence-electron chi connectivity index (χ3n) is 6.92. The van der Waals surface area contributed by atoms with E-state index in [1.54, 1.807) is 11.2 Å². The number of amidine groups is 1. The summed E-state index contributed by atoms with van der Waals surface area (Å²) in [5.41, 5.74) is 4.68. The molecule has 2 aromatic carbocycles. The first kappa shape index (κ1) is 24.4. The molecule has 36 heavy (non-hydrogen) atoms. The zero-order chi connectivity index (χ0) is 25.3. The molecule has 1 fully saturated rings. The number of anilines is 1. The van der Waals surface area contributed by atoms with E-state index in [9.17, 15) is 4.79 Å². The van der Waals surface area contributed by atoms with Crippen molar-refractivity contribution in [1.82, 2.24) is 4.90 Å². The third-order valence-corrected chi connectivity index (χ3v) is 7.92. The van der Waals surface area contributed by atoms with Gasteiger partial charge in [0.1, 0.15) is 5.76 Å². The van der Waals surface area contributed by atoms with Crippen LogP contribution >= 0.6 is 11.8 Å². The normalized spacial score (nSPS) is 21.4. The highest BCUT2D eigenvalue weighted by atomic mass is 32.2. The molecule has 6 heteroatoms. The average Bonchev–Trinajstić information content (AvgIpc) is 3.47. The van der Waals surface area contributed by atoms with Crippen molar-refractivity contribution in [2.24, 2.45) is 4.99 Å². The molecule has 186 valence electrons. The molecule has 1 amide bonds. The van der Waals surface area contributed by atoms with E-state index in [1.807, 2.05) is 48.5 Å². The maximum atomic E-state index is 13.5. The van der Waals surface area contributed by atoms with Crippen LogP contribution in [0.15, 0.2) is 81.2 Å². The Balaban J connectivity index is 1.49. The third kappa shape index (κ3) is 4.87. The number of furan rings is 1. The van der Waals surface area contributed by atoms with E-state index in [4.69, 9.17) is 9.41 Å². The zero-order valence-corrected chi connectivity index (χ0v) is 22.2. The maximum Gasteiger partial charge on any atom is 0.267 e. The van der Waals surface area contributed by atoms with Crippen molar-refractivity contribution in [1.29, 1.82) is 0 Å². The van der Waals surface area contributed by atoms with E-state index in [-0.39, 0.29) is 11.4 Å². The van der Waals surface area contributed by atoms with E-state index in [2.05, 4.69) is 50.8 Å². The van der Waals surface area contributed by atoms with Crippen LogP contribution in [0.3, 0.4) is 0 Å². The molecule has 1 aromatic heterocycles. The fourth-order valence-corrected chi connectivity index (χ4v) is 6.30. The Morgan fingerprint density at radius 1 is 1.14 bits per heavy atom. The monoisotopic (exact) mass is 499 g/mol. The second-order valence-electron chi connectivity index (χ2n) is 10.2. The van der Waals surface area contributed by atoms with Gasteiger partial charge in [0.05, 0.1) is 23.4 Å². The number of carbonyl (C=O) groups is 1. The number of hydrogen-bond donors (Lipinski definition) is 0. The van der Waals surface area contributed by atoms with E-state index in [0.717, 1.165) is 36.4 Å². The molecule has 1 unspecified atom stereocenters. The number of hydrogen-bond acceptors (Lipinski definition) is 5. The molecular formula is C30H33N3O2S. The van der Waals surface area contributed by atoms with Gasteiger partial charge in [0, 0.05) is 17.8 Å². The van der Waals surface area contributed by atoms with Crippen molar-refractivity contribution in [2.45, 2.75) is 58.5 Å². The summed E-state index contributed by atoms with van der Waals surface area (Å²) in [5, 5.41) is 0.663. The highest BCUT2D eigenvalue weighted by Crippen LogP contribution is 2.44. The van der Waals surface area contributed by atoms with Crippen LogP contribution in [0, 0.1) is 0 Å². The molecule has 0 aliphatic carbocycles. The topological polar surface area (TPSA) is 49.0 Å². The fourth-order valence-electron chi connectivity index (χ4n) is 5.30. The highest BCUT2D eigenvalue weighted by Gasteiger charge is 2.37. The lowest BCUT2D eigenvalue weighted by molar-refractivity contribution is -0.122. The average molecular weight is 500 g/mol. The molecule has 5 nitrogen and oxygen atoms in total. The van der Waals surface area contributed by atoms with Crippen LogP contribution in [0.4, 0.5) is 11.4 Å². The van der Waals surface area contributed by atoms with Crippen molar-refractivity contribution in [2.75, 3.05) is 11.4 Å². The van der Waals surface area contributed by atoms with Gasteiger partial charge < -0.3 is 9.32 Å². The molecule has 0 bridgehead atoms. The van der Waals surface area contributed by atoms with E-state index >= 15 is 0 Å². The molecule has 3 aromatic rings. The van der Waals surface area contributed by atoms with Gasteiger partial charge >= 0.3 is 0 Å². The van der Waals surface area contributed by atoms with Crippen LogP contribution in [-0.2, 0) is 11.3 Å². The Hall–Kier alpha value is -3.25. The number of para-hydroxylation sites is 1. The minimum Gasteiger partial charge on any atom is -0.467 e. The second-order valence-corrected chi connectivity index (χ2v) is 11.2. The molecule has 3 heterocycles. The van der Waals surface area contributed by atoms with Crippen LogP contribution in [0.5, 0.6) is 0 Å². The summed E-state index contributed by atoms with van der Waals surface area (Å²) < 4.78 is 5.53. The predicted octanol–water partition coefficient (Wildman–Crippen LogP) is 7.59. The number of thioether (sulfide) groups is 1. The lowest BCUT2D eigenvalue weighted by atomic mass is 9.79. The van der Waals surface area contributed by atoms with Gasteiger partial charge in [0.2, 0.25) is 0 Å². The number of nitrogens with zero attached hydrogens (tertiary/aromatic N) is 3. The lowest BCUT2D eigenvalue weighted by Crippen LogP contribution is -2.48. The van der Waals surface area contributed by atoms with Crippen LogP contribution < -0.4 is 4.90 Å². The Morgan fingerprint density at radius 2 is 1.94 bits per heavy atom. The van der Waals surface area contributed by atoms with Gasteiger partial charge in [-0.1, -0.05) is 38.1 Å². The summed E-state index contributed by atoms with van der Waals surface area (Å²) in [5.74, 6) is 1.14. The quantitative estimate of drug-likeness (QED) is 0.328. The van der Waals surface area contributed by atoms with Crippen molar-refractivity contribution >= 4 is 40.3 Å². The summed E-state index contributed by atoms with van der Waals surface area (Å²) in [4.78, 5) is 23.2. The van der Waals surface area contributed by atoms with Gasteiger partial charge in [-0.05, 0) is 98.0 Å². The van der Waals surface area contributed by atoms with E-state index < -0.39 is 0 Å². The lowest BCUT2D eigenvalue weighted by Gasteiger charge is -2.47. The number of aliphatic imine (C=N–C) groups is 1. The molecule has 1 atom stereocenters. The summed E-state index contributed by atoms with van der Waals surface area (Å²) in [6, 6.07) is 20.1. The summed E-state index contributed by atoms with van der Waals surface area (Å²) in [6.45, 7) is 10.6. The first-order valence-electron chi connectivity index (χ1n) is 12.6. The maximum absolute atomic E-state index is 13.5. The van der Waals surface area contributed by atoms with Gasteiger partial charge in [-0.15, -0.1) is 0 Å². The molecular weight excluding hydrogens is 466 g/mol. The SMILES string of the molecule is CCCN1c2ccc(/C=C3/SC(=Nc4ccccc4)N(Cc4ccco4)C3=O)cc2C(C)CC1(C)C. The highest BCUT2D eigenvalue weighted by molar-refractivity contribution is 8.18. The van der Waals surface area contributed by atoms with E-state index in [0.29, 0.717) is 22.5 Å². The zero-order valence-electron chi connectivity index (χ0n) is 21.4. The molecule has 1 saturated heterocycles. The summed E-state index contributed by atoms with van der Waals surface area (Å²) >= 11 is 1.42. The fraction of sp³-hybridized carbons (Fsp3) is 0.333. The van der Waals surface area contributed by atoms with Crippen LogP contribution in [0.1, 0.15) is 63.3 Å². The minimum absolute atomic E-state index is 0.0504. The predicted molar refractivity (Wildman–Crippen MR) is 150 cm³/mol. The smallest absolute Gasteiger partial charge is 0.267 e. The number of amides is 1. The van der Waals surface area contributed by atoms with E-state index in [1.165, 1.54) is 23.0 Å². The number of rotatable bonds is 6. The van der Waals surface area contributed by atoms with Crippen LogP contribution in [0.25, 0.3) is 6.08 Å². The van der Waals surface area contributed by atoms with Gasteiger partial charge in [0.15, 0.2) is 5.17 Å². The molecule has 0 spiro atoms. The Labute approximate surface area is 217 Å². The molecule has 2 aliphatic rings. The molecule has 0 saturated carbocycles. The van der Waals surface area contributed by atoms with Crippen LogP contribution in [-0.4, -0.2) is 28.1 Å². The van der Waals surface area contributed by atoms with Crippen molar-refractivity contribution in [3.05, 3.63) is 88.7 Å². The standard InChI is InChI=1S/C30H33N3O2S/c1-5-15-33-26-14-13-22(17-25(26)21(2)19-30(33,3)4)18-27-28(34)32(20-24-12-9-16-35-24)29(36-27)31-23-10-7-6-8-11-23/h6-14,16-18,21H,5,15,19-20H2,1-4H3/b27-18+,31-29?. The first-order valence-corrected chi connectivity index (χ1v) is 13.5. The van der Waals surface area contributed by atoms with Crippen LogP contribution in [0.2, 0.25) is 0 Å². The first-order chi connectivity index (χ1) is 17.4. The molecule has 0 N–H and O–H groups in total. The second kappa shape index (κ2) is 10.0. The molecule has 0 radical (unpaired) electrons. The molecule has 2 aliphatic heterocycles. The van der Waals surface area contributed by atoms with Crippen molar-refractivity contribution < 1.29 is 9.21 Å². The van der Waals surface area contributed by atoms with Gasteiger partial charge in [-0.3, -0.25) is 9.69 Å². The van der Waals surface area contributed by atoms with Gasteiger partial charge in [-0.2, -0.15) is 0 Å².